The van der Waals surface area contributed by atoms with E-state index in [2.05, 4.69) is 44.6 Å². The number of nitrogens with zero attached hydrogens (tertiary/aromatic N) is 4. The van der Waals surface area contributed by atoms with Gasteiger partial charge in [0.25, 0.3) is 0 Å². The van der Waals surface area contributed by atoms with Crippen LogP contribution in [0.25, 0.3) is 22.2 Å². The first-order valence-corrected chi connectivity index (χ1v) is 11.4. The largest absolute Gasteiger partial charge is 0.354 e. The highest BCUT2D eigenvalue weighted by atomic mass is 16.2. The Morgan fingerprint density at radius 1 is 1.19 bits per heavy atom. The first-order chi connectivity index (χ1) is 15.7. The Morgan fingerprint density at radius 2 is 2.06 bits per heavy atom. The van der Waals surface area contributed by atoms with E-state index in [4.69, 9.17) is 4.98 Å². The molecule has 1 aromatic carbocycles. The minimum atomic E-state index is -0.161. The van der Waals surface area contributed by atoms with Crippen LogP contribution in [0, 0.1) is 5.92 Å². The molecule has 4 heterocycles. The number of aromatic nitrogens is 3. The number of urea groups is 1. The molecule has 0 unspecified atom stereocenters. The number of amides is 2. The molecule has 166 valence electrons. The normalized spacial score (nSPS) is 16.2. The SMILES string of the molecule is O=CCNC(=O)N1CCC(CNc2nccc(-c3cn4c5c(cccc35)CCC4)n2)CC1. The number of benzene rings is 1. The Bertz CT molecular complexity index is 1130. The minimum Gasteiger partial charge on any atom is -0.354 e. The van der Waals surface area contributed by atoms with Gasteiger partial charge < -0.3 is 24.9 Å². The highest BCUT2D eigenvalue weighted by Gasteiger charge is 2.23. The van der Waals surface area contributed by atoms with Gasteiger partial charge in [-0.05, 0) is 43.2 Å². The number of nitrogens with one attached hydrogen (secondary N) is 2. The summed E-state index contributed by atoms with van der Waals surface area (Å²) in [5.41, 5.74) is 4.85. The van der Waals surface area contributed by atoms with Gasteiger partial charge in [0.2, 0.25) is 5.95 Å². The lowest BCUT2D eigenvalue weighted by Crippen LogP contribution is -2.45. The average Bonchev–Trinajstić information content (AvgIpc) is 3.22. The summed E-state index contributed by atoms with van der Waals surface area (Å²) in [6.45, 7) is 3.28. The van der Waals surface area contributed by atoms with Crippen LogP contribution in [0.5, 0.6) is 0 Å². The van der Waals surface area contributed by atoms with Gasteiger partial charge in [-0.3, -0.25) is 0 Å². The van der Waals surface area contributed by atoms with E-state index in [0.717, 1.165) is 43.6 Å². The van der Waals surface area contributed by atoms with Gasteiger partial charge in [0, 0.05) is 49.5 Å². The topological polar surface area (TPSA) is 92.2 Å². The molecule has 1 fully saturated rings. The van der Waals surface area contributed by atoms with Gasteiger partial charge in [0.1, 0.15) is 6.29 Å². The zero-order valence-corrected chi connectivity index (χ0v) is 18.1. The molecule has 0 saturated carbocycles. The quantitative estimate of drug-likeness (QED) is 0.584. The number of hydrogen-bond acceptors (Lipinski definition) is 5. The number of para-hydroxylation sites is 1. The fourth-order valence-electron chi connectivity index (χ4n) is 4.87. The fraction of sp³-hybridized carbons (Fsp3) is 0.417. The van der Waals surface area contributed by atoms with Crippen molar-refractivity contribution in [2.24, 2.45) is 5.92 Å². The lowest BCUT2D eigenvalue weighted by Gasteiger charge is -2.31. The van der Waals surface area contributed by atoms with Crippen molar-refractivity contribution in [3.63, 3.8) is 0 Å². The van der Waals surface area contributed by atoms with E-state index in [9.17, 15) is 9.59 Å². The second-order valence-corrected chi connectivity index (χ2v) is 8.58. The number of rotatable bonds is 6. The van der Waals surface area contributed by atoms with Crippen molar-refractivity contribution >= 4 is 29.2 Å². The van der Waals surface area contributed by atoms with Crippen LogP contribution < -0.4 is 10.6 Å². The van der Waals surface area contributed by atoms with Crippen molar-refractivity contribution in [1.82, 2.24) is 24.8 Å². The van der Waals surface area contributed by atoms with Crippen LogP contribution >= 0.6 is 0 Å². The minimum absolute atomic E-state index is 0.0635. The standard InChI is InChI=1S/C24H28N6O2/c31-14-10-26-24(32)29-12-7-17(8-13-29)15-27-23-25-9-6-21(28-23)20-16-30-11-2-4-18-3-1-5-19(20)22(18)30/h1,3,5-6,9,14,16-17H,2,4,7-8,10-13,15H2,(H,26,32)(H,25,27,28). The van der Waals surface area contributed by atoms with E-state index < -0.39 is 0 Å². The Hall–Kier alpha value is -3.42. The molecule has 32 heavy (non-hydrogen) atoms. The summed E-state index contributed by atoms with van der Waals surface area (Å²) in [4.78, 5) is 33.4. The molecule has 2 aromatic heterocycles. The van der Waals surface area contributed by atoms with Crippen LogP contribution in [0.15, 0.2) is 36.7 Å². The van der Waals surface area contributed by atoms with Gasteiger partial charge in [-0.15, -0.1) is 0 Å². The molecule has 5 rings (SSSR count). The van der Waals surface area contributed by atoms with Gasteiger partial charge in [0.05, 0.1) is 17.8 Å². The van der Waals surface area contributed by atoms with Crippen LogP contribution in [-0.2, 0) is 17.8 Å². The van der Waals surface area contributed by atoms with Crippen LogP contribution in [0.1, 0.15) is 24.8 Å². The molecule has 0 bridgehead atoms. The lowest BCUT2D eigenvalue weighted by atomic mass is 9.97. The van der Waals surface area contributed by atoms with E-state index in [0.29, 0.717) is 31.2 Å². The van der Waals surface area contributed by atoms with Crippen molar-refractivity contribution in [3.05, 3.63) is 42.2 Å². The Balaban J connectivity index is 1.24. The summed E-state index contributed by atoms with van der Waals surface area (Å²) in [5, 5.41) is 7.26. The average molecular weight is 433 g/mol. The van der Waals surface area contributed by atoms with Gasteiger partial charge in [-0.1, -0.05) is 18.2 Å². The Kier molecular flexibility index (Phi) is 5.75. The maximum Gasteiger partial charge on any atom is 0.317 e. The molecular weight excluding hydrogens is 404 g/mol. The predicted octanol–water partition coefficient (Wildman–Crippen LogP) is 3.08. The van der Waals surface area contributed by atoms with E-state index in [1.165, 1.54) is 22.9 Å². The van der Waals surface area contributed by atoms with Gasteiger partial charge in [-0.2, -0.15) is 0 Å². The molecule has 1 saturated heterocycles. The molecule has 8 nitrogen and oxygen atoms in total. The van der Waals surface area contributed by atoms with Crippen molar-refractivity contribution < 1.29 is 9.59 Å². The number of aldehydes is 1. The summed E-state index contributed by atoms with van der Waals surface area (Å²) in [6.07, 6.45) is 8.88. The summed E-state index contributed by atoms with van der Waals surface area (Å²) in [6, 6.07) is 8.37. The van der Waals surface area contributed by atoms with E-state index >= 15 is 0 Å². The smallest absolute Gasteiger partial charge is 0.317 e. The third-order valence-electron chi connectivity index (χ3n) is 6.55. The summed E-state index contributed by atoms with van der Waals surface area (Å²) in [7, 11) is 0. The molecule has 0 radical (unpaired) electrons. The highest BCUT2D eigenvalue weighted by Crippen LogP contribution is 2.34. The molecule has 2 amide bonds. The highest BCUT2D eigenvalue weighted by molar-refractivity contribution is 5.97. The number of carbonyl (C=O) groups is 2. The zero-order chi connectivity index (χ0) is 21.9. The molecule has 8 heteroatoms. The molecule has 0 spiro atoms. The van der Waals surface area contributed by atoms with Gasteiger partial charge >= 0.3 is 6.03 Å². The predicted molar refractivity (Wildman–Crippen MR) is 124 cm³/mol. The number of hydrogen-bond donors (Lipinski definition) is 2. The second kappa shape index (κ2) is 8.98. The first-order valence-electron chi connectivity index (χ1n) is 11.4. The van der Waals surface area contributed by atoms with Gasteiger partial charge in [-0.25, -0.2) is 14.8 Å². The first kappa shape index (κ1) is 20.5. The number of likely N-dealkylation sites (tertiary alicyclic amines) is 1. The molecule has 2 N–H and O–H groups in total. The maximum atomic E-state index is 12.0. The van der Waals surface area contributed by atoms with E-state index in [1.54, 1.807) is 4.90 Å². The van der Waals surface area contributed by atoms with Crippen LogP contribution in [0.4, 0.5) is 10.7 Å². The Labute approximate surface area is 187 Å². The molecule has 3 aromatic rings. The molecule has 0 aliphatic carbocycles. The third-order valence-corrected chi connectivity index (χ3v) is 6.55. The number of anilines is 1. The summed E-state index contributed by atoms with van der Waals surface area (Å²) < 4.78 is 2.36. The fourth-order valence-corrected chi connectivity index (χ4v) is 4.87. The van der Waals surface area contributed by atoms with Gasteiger partial charge in [0.15, 0.2) is 0 Å². The van der Waals surface area contributed by atoms with E-state index in [1.807, 2.05) is 12.3 Å². The zero-order valence-electron chi connectivity index (χ0n) is 18.1. The lowest BCUT2D eigenvalue weighted by molar-refractivity contribution is -0.107. The summed E-state index contributed by atoms with van der Waals surface area (Å²) in [5.74, 6) is 1.09. The third kappa shape index (κ3) is 4.04. The number of piperidine rings is 1. The number of carbonyl (C=O) groups excluding carboxylic acids is 2. The van der Waals surface area contributed by atoms with Crippen LogP contribution in [-0.4, -0.2) is 57.9 Å². The van der Waals surface area contributed by atoms with Crippen LogP contribution in [0.3, 0.4) is 0 Å². The second-order valence-electron chi connectivity index (χ2n) is 8.58. The molecule has 0 atom stereocenters. The number of aryl methyl sites for hydroxylation is 2. The van der Waals surface area contributed by atoms with Crippen molar-refractivity contribution in [1.29, 1.82) is 0 Å². The monoisotopic (exact) mass is 432 g/mol. The molecular formula is C24H28N6O2. The Morgan fingerprint density at radius 3 is 2.91 bits per heavy atom. The van der Waals surface area contributed by atoms with Crippen LogP contribution in [0.2, 0.25) is 0 Å². The molecule has 2 aliphatic rings. The van der Waals surface area contributed by atoms with E-state index in [-0.39, 0.29) is 12.6 Å². The molecule has 2 aliphatic heterocycles. The van der Waals surface area contributed by atoms with Crippen molar-refractivity contribution in [2.45, 2.75) is 32.2 Å². The maximum absolute atomic E-state index is 12.0. The van der Waals surface area contributed by atoms with Crippen molar-refractivity contribution in [2.75, 3.05) is 31.5 Å². The van der Waals surface area contributed by atoms with Crippen molar-refractivity contribution in [3.8, 4) is 11.3 Å². The summed E-state index contributed by atoms with van der Waals surface area (Å²) >= 11 is 0.